The van der Waals surface area contributed by atoms with Crippen molar-refractivity contribution in [1.82, 2.24) is 10.3 Å². The number of aryl methyl sites for hydroxylation is 1. The average molecular weight is 294 g/mol. The molecule has 112 valence electrons. The average Bonchev–Trinajstić information content (AvgIpc) is 3.03. The van der Waals surface area contributed by atoms with Crippen LogP contribution in [0.1, 0.15) is 68.0 Å². The van der Waals surface area contributed by atoms with Gasteiger partial charge in [0.25, 0.3) is 0 Å². The number of rotatable bonds is 4. The maximum atomic E-state index is 5.97. The smallest absolute Gasteiger partial charge is 0.125 e. The lowest BCUT2D eigenvalue weighted by Crippen LogP contribution is -2.29. The summed E-state index contributed by atoms with van der Waals surface area (Å²) in [5.41, 5.74) is 1.25. The molecule has 1 aromatic heterocycles. The van der Waals surface area contributed by atoms with E-state index in [0.29, 0.717) is 12.0 Å². The molecule has 3 rings (SSSR count). The highest BCUT2D eigenvalue weighted by molar-refractivity contribution is 7.11. The van der Waals surface area contributed by atoms with Crippen molar-refractivity contribution in [2.75, 3.05) is 13.2 Å². The van der Waals surface area contributed by atoms with Gasteiger partial charge in [-0.05, 0) is 39.0 Å². The molecule has 3 nitrogen and oxygen atoms in total. The van der Waals surface area contributed by atoms with E-state index in [1.54, 1.807) is 0 Å². The zero-order valence-electron chi connectivity index (χ0n) is 12.9. The highest BCUT2D eigenvalue weighted by Crippen LogP contribution is 2.42. The van der Waals surface area contributed by atoms with Crippen LogP contribution in [0.2, 0.25) is 0 Å². The van der Waals surface area contributed by atoms with Gasteiger partial charge in [0.1, 0.15) is 10.6 Å². The largest absolute Gasteiger partial charge is 0.368 e. The summed E-state index contributed by atoms with van der Waals surface area (Å²) < 4.78 is 5.97. The molecule has 2 atom stereocenters. The van der Waals surface area contributed by atoms with E-state index in [1.807, 2.05) is 11.3 Å². The van der Waals surface area contributed by atoms with Gasteiger partial charge in [-0.15, -0.1) is 11.3 Å². The molecule has 4 heteroatoms. The molecule has 20 heavy (non-hydrogen) atoms. The monoisotopic (exact) mass is 294 g/mol. The van der Waals surface area contributed by atoms with Crippen LogP contribution in [0.4, 0.5) is 0 Å². The second-order valence-electron chi connectivity index (χ2n) is 6.66. The number of aromatic nitrogens is 1. The predicted octanol–water partition coefficient (Wildman–Crippen LogP) is 3.59. The number of hydrogen-bond donors (Lipinski definition) is 1. The van der Waals surface area contributed by atoms with Crippen molar-refractivity contribution in [3.63, 3.8) is 0 Å². The Morgan fingerprint density at radius 3 is 3.00 bits per heavy atom. The van der Waals surface area contributed by atoms with Crippen LogP contribution in [0.15, 0.2) is 0 Å². The van der Waals surface area contributed by atoms with Gasteiger partial charge >= 0.3 is 0 Å². The van der Waals surface area contributed by atoms with E-state index in [4.69, 9.17) is 9.72 Å². The van der Waals surface area contributed by atoms with Crippen molar-refractivity contribution < 1.29 is 4.74 Å². The molecule has 0 aromatic carbocycles. The Hall–Kier alpha value is -0.450. The number of thiazole rings is 1. The second-order valence-corrected chi connectivity index (χ2v) is 7.75. The van der Waals surface area contributed by atoms with Crippen molar-refractivity contribution in [3.05, 3.63) is 15.6 Å². The fraction of sp³-hybridized carbons (Fsp3) is 0.812. The Morgan fingerprint density at radius 2 is 2.30 bits per heavy atom. The molecular weight excluding hydrogens is 268 g/mol. The Morgan fingerprint density at radius 1 is 1.45 bits per heavy atom. The highest BCUT2D eigenvalue weighted by atomic mass is 32.1. The first-order valence-electron chi connectivity index (χ1n) is 7.96. The third kappa shape index (κ3) is 2.78. The van der Waals surface area contributed by atoms with E-state index in [-0.39, 0.29) is 5.60 Å². The molecule has 1 N–H and O–H groups in total. The van der Waals surface area contributed by atoms with Crippen LogP contribution in [0.25, 0.3) is 0 Å². The van der Waals surface area contributed by atoms with Gasteiger partial charge in [0.05, 0.1) is 5.69 Å². The molecule has 0 spiro atoms. The highest BCUT2D eigenvalue weighted by Gasteiger charge is 2.37. The van der Waals surface area contributed by atoms with E-state index in [0.717, 1.165) is 19.6 Å². The first-order chi connectivity index (χ1) is 9.58. The normalized spacial score (nSPS) is 29.9. The van der Waals surface area contributed by atoms with Crippen LogP contribution in [-0.2, 0) is 16.8 Å². The van der Waals surface area contributed by atoms with Gasteiger partial charge in [0, 0.05) is 30.0 Å². The predicted molar refractivity (Wildman–Crippen MR) is 83.5 cm³/mol. The summed E-state index contributed by atoms with van der Waals surface area (Å²) in [6.45, 7) is 8.59. The van der Waals surface area contributed by atoms with Gasteiger partial charge in [0.15, 0.2) is 0 Å². The van der Waals surface area contributed by atoms with Crippen LogP contribution in [-0.4, -0.2) is 24.2 Å². The molecule has 0 radical (unpaired) electrons. The number of fused-ring (bicyclic) bond motifs is 1. The summed E-state index contributed by atoms with van der Waals surface area (Å²) in [4.78, 5) is 6.53. The molecule has 0 amide bonds. The quantitative estimate of drug-likeness (QED) is 0.921. The van der Waals surface area contributed by atoms with Gasteiger partial charge in [-0.3, -0.25) is 0 Å². The molecule has 1 aromatic rings. The summed E-state index contributed by atoms with van der Waals surface area (Å²) in [6, 6.07) is 0.550. The van der Waals surface area contributed by atoms with E-state index >= 15 is 0 Å². The summed E-state index contributed by atoms with van der Waals surface area (Å²) in [5.74, 6) is 0.594. The van der Waals surface area contributed by atoms with Crippen LogP contribution in [0.5, 0.6) is 0 Å². The fourth-order valence-electron chi connectivity index (χ4n) is 3.26. The molecule has 2 unspecified atom stereocenters. The lowest BCUT2D eigenvalue weighted by molar-refractivity contribution is 0.0165. The third-order valence-corrected chi connectivity index (χ3v) is 5.89. The van der Waals surface area contributed by atoms with Crippen LogP contribution in [0, 0.1) is 0 Å². The van der Waals surface area contributed by atoms with Gasteiger partial charge in [-0.2, -0.15) is 0 Å². The maximum Gasteiger partial charge on any atom is 0.125 e. The van der Waals surface area contributed by atoms with E-state index in [9.17, 15) is 0 Å². The number of hydrogen-bond acceptors (Lipinski definition) is 4. The standard InChI is InChI=1S/C16H26N2OS/c1-11(2)17-10-12-6-4-7-13-14(12)18-15(20-13)16(3)8-5-9-19-16/h11-12,17H,4-10H2,1-3H3. The van der Waals surface area contributed by atoms with E-state index < -0.39 is 0 Å². The Balaban J connectivity index is 1.81. The van der Waals surface area contributed by atoms with Gasteiger partial charge in [-0.25, -0.2) is 4.98 Å². The summed E-state index contributed by atoms with van der Waals surface area (Å²) in [7, 11) is 0. The minimum Gasteiger partial charge on any atom is -0.368 e. The van der Waals surface area contributed by atoms with Gasteiger partial charge < -0.3 is 10.1 Å². The summed E-state index contributed by atoms with van der Waals surface area (Å²) in [6.07, 6.45) is 6.07. The molecule has 1 aliphatic carbocycles. The Kier molecular flexibility index (Phi) is 4.16. The number of nitrogens with zero attached hydrogens (tertiary/aromatic N) is 1. The lowest BCUT2D eigenvalue weighted by atomic mass is 9.90. The van der Waals surface area contributed by atoms with Crippen LogP contribution < -0.4 is 5.32 Å². The van der Waals surface area contributed by atoms with E-state index in [1.165, 1.54) is 41.3 Å². The maximum absolute atomic E-state index is 5.97. The van der Waals surface area contributed by atoms with Crippen molar-refractivity contribution in [2.24, 2.45) is 0 Å². The first kappa shape index (κ1) is 14.5. The molecule has 2 aliphatic rings. The van der Waals surface area contributed by atoms with Crippen molar-refractivity contribution in [1.29, 1.82) is 0 Å². The molecular formula is C16H26N2OS. The second kappa shape index (κ2) is 5.74. The zero-order chi connectivity index (χ0) is 14.2. The van der Waals surface area contributed by atoms with Crippen LogP contribution >= 0.6 is 11.3 Å². The molecule has 1 aliphatic heterocycles. The summed E-state index contributed by atoms with van der Waals surface area (Å²) in [5, 5.41) is 4.80. The molecule has 2 heterocycles. The fourth-order valence-corrected chi connectivity index (χ4v) is 4.58. The van der Waals surface area contributed by atoms with Crippen molar-refractivity contribution in [2.45, 2.75) is 70.4 Å². The van der Waals surface area contributed by atoms with Crippen LogP contribution in [0.3, 0.4) is 0 Å². The molecule has 1 fully saturated rings. The molecule has 0 saturated carbocycles. The van der Waals surface area contributed by atoms with Gasteiger partial charge in [0.2, 0.25) is 0 Å². The van der Waals surface area contributed by atoms with Gasteiger partial charge in [-0.1, -0.05) is 13.8 Å². The minimum atomic E-state index is -0.113. The number of ether oxygens (including phenoxy) is 1. The molecule has 1 saturated heterocycles. The summed E-state index contributed by atoms with van der Waals surface area (Å²) >= 11 is 1.91. The lowest BCUT2D eigenvalue weighted by Gasteiger charge is -2.22. The topological polar surface area (TPSA) is 34.1 Å². The third-order valence-electron chi connectivity index (χ3n) is 4.51. The minimum absolute atomic E-state index is 0.113. The van der Waals surface area contributed by atoms with E-state index in [2.05, 4.69) is 26.1 Å². The van der Waals surface area contributed by atoms with Crippen molar-refractivity contribution >= 4 is 11.3 Å². The first-order valence-corrected chi connectivity index (χ1v) is 8.77. The Bertz CT molecular complexity index is 463. The number of nitrogens with one attached hydrogen (secondary N) is 1. The zero-order valence-corrected chi connectivity index (χ0v) is 13.7. The molecule has 0 bridgehead atoms. The Labute approximate surface area is 126 Å². The SMILES string of the molecule is CC(C)NCC1CCCc2sc(C3(C)CCCO3)nc21. The van der Waals surface area contributed by atoms with Crippen molar-refractivity contribution in [3.8, 4) is 0 Å².